The molecule has 0 bridgehead atoms. The van der Waals surface area contributed by atoms with E-state index in [-0.39, 0.29) is 17.9 Å². The van der Waals surface area contributed by atoms with E-state index in [0.29, 0.717) is 31.9 Å². The number of nitrogens with one attached hydrogen (secondary N) is 2. The third-order valence-corrected chi connectivity index (χ3v) is 7.16. The highest BCUT2D eigenvalue weighted by Crippen LogP contribution is 2.19. The average molecular weight is 587 g/mol. The molecule has 0 fully saturated rings. The second-order valence-electron chi connectivity index (χ2n) is 13.0. The smallest absolute Gasteiger partial charge is 0.243 e. The molecule has 3 aromatic rings. The van der Waals surface area contributed by atoms with Gasteiger partial charge in [0, 0.05) is 38.3 Å². The summed E-state index contributed by atoms with van der Waals surface area (Å²) in [6.45, 7) is 11.2. The van der Waals surface area contributed by atoms with E-state index in [4.69, 9.17) is 4.74 Å². The zero-order valence-electron chi connectivity index (χ0n) is 27.2. The largest absolute Gasteiger partial charge is 0.489 e. The van der Waals surface area contributed by atoms with Crippen LogP contribution in [0.3, 0.4) is 0 Å². The Bertz CT molecular complexity index is 1280. The second kappa shape index (κ2) is 15.6. The van der Waals surface area contributed by atoms with Gasteiger partial charge in [0.25, 0.3) is 0 Å². The van der Waals surface area contributed by atoms with Crippen LogP contribution in [0.25, 0.3) is 0 Å². The molecule has 3 aromatic carbocycles. The molecule has 0 spiro atoms. The number of benzene rings is 3. The molecule has 2 N–H and O–H groups in total. The van der Waals surface area contributed by atoms with Crippen molar-refractivity contribution in [2.45, 2.75) is 78.2 Å². The first-order valence-corrected chi connectivity index (χ1v) is 15.2. The fourth-order valence-corrected chi connectivity index (χ4v) is 4.86. The molecule has 0 saturated carbocycles. The van der Waals surface area contributed by atoms with E-state index in [9.17, 15) is 9.59 Å². The molecule has 0 aliphatic rings. The molecule has 7 heteroatoms. The van der Waals surface area contributed by atoms with Gasteiger partial charge in [-0.1, -0.05) is 68.4 Å². The summed E-state index contributed by atoms with van der Waals surface area (Å²) in [5, 5.41) is 6.18. The van der Waals surface area contributed by atoms with Gasteiger partial charge < -0.3 is 20.3 Å². The van der Waals surface area contributed by atoms with Crippen LogP contribution in [0.5, 0.6) is 5.75 Å². The number of hydrogen-bond acceptors (Lipinski definition) is 5. The zero-order chi connectivity index (χ0) is 31.6. The number of rotatable bonds is 14. The Labute approximate surface area is 258 Å². The third-order valence-electron chi connectivity index (χ3n) is 7.16. The normalized spacial score (nSPS) is 13.0. The fourth-order valence-electron chi connectivity index (χ4n) is 4.86. The van der Waals surface area contributed by atoms with Crippen LogP contribution >= 0.6 is 0 Å². The molecule has 0 aliphatic heterocycles. The molecular weight excluding hydrogens is 536 g/mol. The molecule has 0 aliphatic carbocycles. The summed E-state index contributed by atoms with van der Waals surface area (Å²) < 4.78 is 5.93. The summed E-state index contributed by atoms with van der Waals surface area (Å²) in [4.78, 5) is 31.4. The Morgan fingerprint density at radius 1 is 0.791 bits per heavy atom. The molecule has 232 valence electrons. The molecular formula is C36H50N4O3. The summed E-state index contributed by atoms with van der Waals surface area (Å²) in [5.74, 6) is 0.720. The van der Waals surface area contributed by atoms with E-state index in [1.165, 1.54) is 0 Å². The lowest BCUT2D eigenvalue weighted by molar-refractivity contribution is -0.132. The highest BCUT2D eigenvalue weighted by Gasteiger charge is 2.30. The van der Waals surface area contributed by atoms with Crippen molar-refractivity contribution in [3.05, 3.63) is 95.6 Å². The van der Waals surface area contributed by atoms with E-state index in [1.807, 2.05) is 96.5 Å². The van der Waals surface area contributed by atoms with Crippen LogP contribution in [0.4, 0.5) is 5.69 Å². The minimum absolute atomic E-state index is 0.141. The van der Waals surface area contributed by atoms with Crippen LogP contribution in [0.15, 0.2) is 78.9 Å². The molecule has 3 rings (SSSR count). The minimum atomic E-state index is -0.717. The van der Waals surface area contributed by atoms with Crippen LogP contribution in [-0.4, -0.2) is 55.5 Å². The SMILES string of the molecule is CC(C)CC(C(=O)NC(Cc1ccc(OCc2ccccc2)cc1)C(=O)NC(C)(C)C)N(C)Cc1ccc(N(C)C)cc1. The number of carbonyl (C=O) groups is 2. The van der Waals surface area contributed by atoms with Crippen molar-refractivity contribution in [2.75, 3.05) is 26.0 Å². The predicted octanol–water partition coefficient (Wildman–Crippen LogP) is 5.82. The maximum absolute atomic E-state index is 13.8. The number of ether oxygens (including phenoxy) is 1. The molecule has 0 heterocycles. The maximum Gasteiger partial charge on any atom is 0.243 e. The molecule has 0 aromatic heterocycles. The first-order valence-electron chi connectivity index (χ1n) is 15.2. The van der Waals surface area contributed by atoms with Gasteiger partial charge in [-0.3, -0.25) is 14.5 Å². The van der Waals surface area contributed by atoms with Crippen molar-refractivity contribution < 1.29 is 14.3 Å². The number of carbonyl (C=O) groups excluding carboxylic acids is 2. The summed E-state index contributed by atoms with van der Waals surface area (Å²) in [7, 11) is 6.01. The Morgan fingerprint density at radius 2 is 1.40 bits per heavy atom. The van der Waals surface area contributed by atoms with Gasteiger partial charge in [-0.05, 0) is 81.1 Å². The second-order valence-corrected chi connectivity index (χ2v) is 13.0. The number of hydrogen-bond donors (Lipinski definition) is 2. The first kappa shape index (κ1) is 33.7. The van der Waals surface area contributed by atoms with Crippen LogP contribution in [0.2, 0.25) is 0 Å². The number of likely N-dealkylation sites (N-methyl/N-ethyl adjacent to an activating group) is 1. The lowest BCUT2D eigenvalue weighted by Crippen LogP contribution is -2.56. The Hall–Kier alpha value is -3.84. The van der Waals surface area contributed by atoms with Gasteiger partial charge in [-0.15, -0.1) is 0 Å². The van der Waals surface area contributed by atoms with Crippen molar-refractivity contribution in [1.82, 2.24) is 15.5 Å². The Morgan fingerprint density at radius 3 is 1.95 bits per heavy atom. The molecule has 2 unspecified atom stereocenters. The maximum atomic E-state index is 13.8. The number of nitrogens with zero attached hydrogens (tertiary/aromatic N) is 2. The Kier molecular flexibility index (Phi) is 12.2. The molecule has 0 saturated heterocycles. The van der Waals surface area contributed by atoms with E-state index < -0.39 is 11.6 Å². The molecule has 7 nitrogen and oxygen atoms in total. The van der Waals surface area contributed by atoms with E-state index in [1.54, 1.807) is 0 Å². The van der Waals surface area contributed by atoms with Crippen molar-refractivity contribution >= 4 is 17.5 Å². The van der Waals surface area contributed by atoms with Gasteiger partial charge in [-0.2, -0.15) is 0 Å². The quantitative estimate of drug-likeness (QED) is 0.249. The predicted molar refractivity (Wildman–Crippen MR) is 176 cm³/mol. The highest BCUT2D eigenvalue weighted by atomic mass is 16.5. The highest BCUT2D eigenvalue weighted by molar-refractivity contribution is 5.90. The zero-order valence-corrected chi connectivity index (χ0v) is 27.2. The number of amides is 2. The lowest BCUT2D eigenvalue weighted by atomic mass is 9.99. The number of anilines is 1. The standard InChI is InChI=1S/C36H50N4O3/c1-26(2)22-33(40(8)24-28-14-18-30(19-15-28)39(6)7)35(42)37-32(34(41)38-36(3,4)5)23-27-16-20-31(21-17-27)43-25-29-12-10-9-11-13-29/h9-21,26,32-33H,22-25H2,1-8H3,(H,37,42)(H,38,41). The minimum Gasteiger partial charge on any atom is -0.489 e. The van der Waals surface area contributed by atoms with Crippen LogP contribution < -0.4 is 20.3 Å². The summed E-state index contributed by atoms with van der Waals surface area (Å²) in [5.41, 5.74) is 3.87. The summed E-state index contributed by atoms with van der Waals surface area (Å²) in [6, 6.07) is 25.0. The molecule has 2 atom stereocenters. The molecule has 2 amide bonds. The van der Waals surface area contributed by atoms with Gasteiger partial charge in [0.05, 0.1) is 6.04 Å². The van der Waals surface area contributed by atoms with E-state index in [2.05, 4.69) is 58.5 Å². The van der Waals surface area contributed by atoms with Crippen LogP contribution in [-0.2, 0) is 29.2 Å². The molecule has 0 radical (unpaired) electrons. The average Bonchev–Trinajstić information content (AvgIpc) is 2.95. The van der Waals surface area contributed by atoms with Crippen molar-refractivity contribution in [2.24, 2.45) is 5.92 Å². The van der Waals surface area contributed by atoms with Gasteiger partial charge in [0.1, 0.15) is 18.4 Å². The fraction of sp³-hybridized carbons (Fsp3) is 0.444. The lowest BCUT2D eigenvalue weighted by Gasteiger charge is -2.31. The van der Waals surface area contributed by atoms with Crippen LogP contribution in [0.1, 0.15) is 57.7 Å². The topological polar surface area (TPSA) is 73.9 Å². The van der Waals surface area contributed by atoms with E-state index in [0.717, 1.165) is 28.1 Å². The van der Waals surface area contributed by atoms with Gasteiger partial charge in [-0.25, -0.2) is 0 Å². The Balaban J connectivity index is 1.73. The van der Waals surface area contributed by atoms with Crippen molar-refractivity contribution in [3.8, 4) is 5.75 Å². The van der Waals surface area contributed by atoms with Gasteiger partial charge in [0.2, 0.25) is 11.8 Å². The van der Waals surface area contributed by atoms with E-state index >= 15 is 0 Å². The molecule has 43 heavy (non-hydrogen) atoms. The van der Waals surface area contributed by atoms with Crippen molar-refractivity contribution in [1.29, 1.82) is 0 Å². The monoisotopic (exact) mass is 586 g/mol. The third kappa shape index (κ3) is 11.4. The first-order chi connectivity index (χ1) is 20.3. The van der Waals surface area contributed by atoms with Gasteiger partial charge in [0.15, 0.2) is 0 Å². The summed E-state index contributed by atoms with van der Waals surface area (Å²) >= 11 is 0. The van der Waals surface area contributed by atoms with Gasteiger partial charge >= 0.3 is 0 Å². The van der Waals surface area contributed by atoms with Crippen molar-refractivity contribution in [3.63, 3.8) is 0 Å². The van der Waals surface area contributed by atoms with Crippen LogP contribution in [0, 0.1) is 5.92 Å². The summed E-state index contributed by atoms with van der Waals surface area (Å²) in [6.07, 6.45) is 1.05.